The second kappa shape index (κ2) is 5.04. The van der Waals surface area contributed by atoms with Gasteiger partial charge in [-0.2, -0.15) is 0 Å². The van der Waals surface area contributed by atoms with Crippen LogP contribution in [0.5, 0.6) is 0 Å². The van der Waals surface area contributed by atoms with Gasteiger partial charge < -0.3 is 15.5 Å². The standard InChI is InChI=1S/C12H12N2O5S/c1-4-8-11(20-5(2)14-8)10(18)7(9(4)17)12(19)13-3-6(15)16/h4,18H,3H2,1-2H3,(H,13,19)(H,15,16). The Balaban J connectivity index is 2.43. The van der Waals surface area contributed by atoms with Gasteiger partial charge in [-0.3, -0.25) is 14.4 Å². The molecule has 7 nitrogen and oxygen atoms in total. The van der Waals surface area contributed by atoms with Crippen LogP contribution in [0.3, 0.4) is 0 Å². The number of carboxylic acids is 1. The van der Waals surface area contributed by atoms with E-state index < -0.39 is 41.5 Å². The monoisotopic (exact) mass is 296 g/mol. The van der Waals surface area contributed by atoms with Gasteiger partial charge in [0, 0.05) is 0 Å². The molecule has 0 spiro atoms. The summed E-state index contributed by atoms with van der Waals surface area (Å²) in [5.41, 5.74) is 0.0414. The van der Waals surface area contributed by atoms with Gasteiger partial charge in [0.05, 0.1) is 21.5 Å². The number of thiazole rings is 1. The number of Topliss-reactive ketones (excluding diaryl/α,β-unsaturated/α-hetero) is 1. The molecule has 2 rings (SSSR count). The van der Waals surface area contributed by atoms with Crippen molar-refractivity contribution >= 4 is 34.8 Å². The van der Waals surface area contributed by atoms with E-state index in [1.807, 2.05) is 0 Å². The summed E-state index contributed by atoms with van der Waals surface area (Å²) in [6.45, 7) is 2.71. The van der Waals surface area contributed by atoms with E-state index >= 15 is 0 Å². The van der Waals surface area contributed by atoms with Gasteiger partial charge in [-0.05, 0) is 13.8 Å². The molecule has 1 unspecified atom stereocenters. The number of carbonyl (C=O) groups excluding carboxylic acids is 2. The fraction of sp³-hybridized carbons (Fsp3) is 0.333. The van der Waals surface area contributed by atoms with Crippen LogP contribution < -0.4 is 5.32 Å². The number of hydrogen-bond donors (Lipinski definition) is 3. The number of amides is 1. The van der Waals surface area contributed by atoms with Crippen molar-refractivity contribution in [3.05, 3.63) is 21.2 Å². The predicted molar refractivity (Wildman–Crippen MR) is 70.5 cm³/mol. The SMILES string of the molecule is Cc1nc2c(s1)C(O)=C(C(=O)NCC(=O)O)C(=O)C2C. The Hall–Kier alpha value is -2.22. The van der Waals surface area contributed by atoms with Gasteiger partial charge in [0.15, 0.2) is 11.5 Å². The summed E-state index contributed by atoms with van der Waals surface area (Å²) in [5, 5.41) is 21.4. The smallest absolute Gasteiger partial charge is 0.322 e. The van der Waals surface area contributed by atoms with Crippen LogP contribution in [0, 0.1) is 6.92 Å². The zero-order valence-electron chi connectivity index (χ0n) is 10.8. The quantitative estimate of drug-likeness (QED) is 0.703. The van der Waals surface area contributed by atoms with Crippen LogP contribution >= 0.6 is 11.3 Å². The van der Waals surface area contributed by atoms with E-state index in [1.54, 1.807) is 13.8 Å². The van der Waals surface area contributed by atoms with E-state index in [0.29, 0.717) is 15.6 Å². The van der Waals surface area contributed by atoms with Crippen molar-refractivity contribution in [2.24, 2.45) is 0 Å². The lowest BCUT2D eigenvalue weighted by atomic mass is 9.88. The van der Waals surface area contributed by atoms with Gasteiger partial charge in [-0.1, -0.05) is 0 Å². The molecule has 0 aromatic carbocycles. The summed E-state index contributed by atoms with van der Waals surface area (Å²) in [4.78, 5) is 39.0. The number of aliphatic hydroxyl groups excluding tert-OH is 1. The Kier molecular flexibility index (Phi) is 3.58. The maximum atomic E-state index is 12.1. The predicted octanol–water partition coefficient (Wildman–Crippen LogP) is 0.608. The minimum atomic E-state index is -1.23. The molecule has 106 valence electrons. The molecule has 3 N–H and O–H groups in total. The maximum absolute atomic E-state index is 12.1. The molecule has 1 aliphatic rings. The van der Waals surface area contributed by atoms with Crippen LogP contribution in [0.15, 0.2) is 5.57 Å². The van der Waals surface area contributed by atoms with Crippen molar-refractivity contribution in [2.75, 3.05) is 6.54 Å². The van der Waals surface area contributed by atoms with Crippen molar-refractivity contribution in [2.45, 2.75) is 19.8 Å². The first kappa shape index (κ1) is 14.2. The number of carboxylic acid groups (broad SMARTS) is 1. The number of fused-ring (bicyclic) bond motifs is 1. The third-order valence-electron chi connectivity index (χ3n) is 2.89. The first-order valence-electron chi connectivity index (χ1n) is 5.78. The summed E-state index contributed by atoms with van der Waals surface area (Å²) in [6.07, 6.45) is 0. The van der Waals surface area contributed by atoms with Gasteiger partial charge in [-0.15, -0.1) is 11.3 Å². The molecular weight excluding hydrogens is 284 g/mol. The molecule has 1 amide bonds. The van der Waals surface area contributed by atoms with Crippen molar-refractivity contribution in [1.82, 2.24) is 10.3 Å². The summed E-state index contributed by atoms with van der Waals surface area (Å²) in [7, 11) is 0. The fourth-order valence-electron chi connectivity index (χ4n) is 1.94. The van der Waals surface area contributed by atoms with Crippen LogP contribution in [0.25, 0.3) is 5.76 Å². The minimum Gasteiger partial charge on any atom is -0.505 e. The molecule has 0 saturated carbocycles. The minimum absolute atomic E-state index is 0.384. The number of aliphatic carboxylic acids is 1. The van der Waals surface area contributed by atoms with Crippen LogP contribution in [0.1, 0.15) is 28.4 Å². The lowest BCUT2D eigenvalue weighted by Crippen LogP contribution is -2.36. The average molecular weight is 296 g/mol. The van der Waals surface area contributed by atoms with Crippen LogP contribution in [0.4, 0.5) is 0 Å². The molecule has 1 atom stereocenters. The lowest BCUT2D eigenvalue weighted by Gasteiger charge is -2.19. The highest BCUT2D eigenvalue weighted by molar-refractivity contribution is 7.12. The number of carbonyl (C=O) groups is 3. The first-order chi connectivity index (χ1) is 9.32. The Morgan fingerprint density at radius 1 is 1.45 bits per heavy atom. The van der Waals surface area contributed by atoms with Gasteiger partial charge in [0.25, 0.3) is 5.91 Å². The van der Waals surface area contributed by atoms with E-state index in [2.05, 4.69) is 10.3 Å². The van der Waals surface area contributed by atoms with E-state index in [1.165, 1.54) is 11.3 Å². The maximum Gasteiger partial charge on any atom is 0.322 e. The number of aliphatic hydroxyl groups is 1. The number of ketones is 1. The zero-order chi connectivity index (χ0) is 15.0. The number of nitrogens with one attached hydrogen (secondary N) is 1. The second-order valence-corrected chi connectivity index (χ2v) is 5.54. The molecule has 0 fully saturated rings. The molecular formula is C12H12N2O5S. The van der Waals surface area contributed by atoms with Crippen LogP contribution in [-0.2, 0) is 14.4 Å². The Morgan fingerprint density at radius 3 is 2.70 bits per heavy atom. The van der Waals surface area contributed by atoms with Crippen molar-refractivity contribution in [1.29, 1.82) is 0 Å². The number of aromatic nitrogens is 1. The molecule has 0 radical (unpaired) electrons. The summed E-state index contributed by atoms with van der Waals surface area (Å²) < 4.78 is 0. The zero-order valence-corrected chi connectivity index (χ0v) is 11.6. The first-order valence-corrected chi connectivity index (χ1v) is 6.59. The van der Waals surface area contributed by atoms with Crippen LogP contribution in [-0.4, -0.2) is 39.4 Å². The van der Waals surface area contributed by atoms with Gasteiger partial charge in [0.1, 0.15) is 12.1 Å². The Labute approximate surface area is 118 Å². The van der Waals surface area contributed by atoms with Gasteiger partial charge in [-0.25, -0.2) is 4.98 Å². The van der Waals surface area contributed by atoms with Crippen molar-refractivity contribution < 1.29 is 24.6 Å². The van der Waals surface area contributed by atoms with Gasteiger partial charge in [0.2, 0.25) is 0 Å². The highest BCUT2D eigenvalue weighted by atomic mass is 32.1. The van der Waals surface area contributed by atoms with E-state index in [0.717, 1.165) is 0 Å². The second-order valence-electron chi connectivity index (χ2n) is 4.33. The molecule has 1 aliphatic carbocycles. The molecule has 1 heterocycles. The molecule has 8 heteroatoms. The third-order valence-corrected chi connectivity index (χ3v) is 3.88. The highest BCUT2D eigenvalue weighted by Crippen LogP contribution is 2.38. The molecule has 0 aliphatic heterocycles. The highest BCUT2D eigenvalue weighted by Gasteiger charge is 2.37. The topological polar surface area (TPSA) is 117 Å². The largest absolute Gasteiger partial charge is 0.505 e. The van der Waals surface area contributed by atoms with Gasteiger partial charge >= 0.3 is 5.97 Å². The van der Waals surface area contributed by atoms with E-state index in [9.17, 15) is 19.5 Å². The average Bonchev–Trinajstić information content (AvgIpc) is 2.76. The van der Waals surface area contributed by atoms with Crippen molar-refractivity contribution in [3.8, 4) is 0 Å². The molecule has 0 bridgehead atoms. The molecule has 1 aromatic rings. The normalized spacial score (nSPS) is 17.9. The van der Waals surface area contributed by atoms with Crippen molar-refractivity contribution in [3.63, 3.8) is 0 Å². The Bertz CT molecular complexity index is 646. The fourth-order valence-corrected chi connectivity index (χ4v) is 2.91. The summed E-state index contributed by atoms with van der Waals surface area (Å²) >= 11 is 1.18. The van der Waals surface area contributed by atoms with E-state index in [4.69, 9.17) is 5.11 Å². The number of aryl methyl sites for hydroxylation is 1. The Morgan fingerprint density at radius 2 is 2.10 bits per heavy atom. The lowest BCUT2D eigenvalue weighted by molar-refractivity contribution is -0.137. The number of hydrogen-bond acceptors (Lipinski definition) is 6. The molecule has 1 aromatic heterocycles. The summed E-state index contributed by atoms with van der Waals surface area (Å²) in [5.74, 6) is -3.77. The van der Waals surface area contributed by atoms with E-state index in [-0.39, 0.29) is 0 Å². The molecule has 0 saturated heterocycles. The third kappa shape index (κ3) is 2.29. The summed E-state index contributed by atoms with van der Waals surface area (Å²) in [6, 6.07) is 0. The number of rotatable bonds is 3. The number of nitrogens with zero attached hydrogens (tertiary/aromatic N) is 1. The molecule has 20 heavy (non-hydrogen) atoms. The van der Waals surface area contributed by atoms with Crippen LogP contribution in [0.2, 0.25) is 0 Å².